The maximum Gasteiger partial charge on any atom is 0.295 e. The van der Waals surface area contributed by atoms with Crippen LogP contribution in [0.2, 0.25) is 0 Å². The molecule has 2 aromatic heterocycles. The Hall–Kier alpha value is -4.86. The number of Topliss-reactive ketones (excluding diaryl/α,β-unsaturated/α-hetero) is 1. The number of nitro groups is 1. The van der Waals surface area contributed by atoms with Crippen LogP contribution in [0.1, 0.15) is 22.9 Å². The predicted molar refractivity (Wildman–Crippen MR) is 129 cm³/mol. The van der Waals surface area contributed by atoms with E-state index in [1.807, 2.05) is 24.4 Å². The molecule has 1 fully saturated rings. The summed E-state index contributed by atoms with van der Waals surface area (Å²) < 4.78 is 10.9. The highest BCUT2D eigenvalue weighted by Crippen LogP contribution is 2.40. The van der Waals surface area contributed by atoms with E-state index < -0.39 is 28.4 Å². The van der Waals surface area contributed by atoms with Crippen LogP contribution >= 0.6 is 0 Å². The highest BCUT2D eigenvalue weighted by molar-refractivity contribution is 6.46. The third-order valence-electron chi connectivity index (χ3n) is 6.30. The van der Waals surface area contributed by atoms with Crippen molar-refractivity contribution < 1.29 is 28.8 Å². The van der Waals surface area contributed by atoms with E-state index in [2.05, 4.69) is 4.98 Å². The number of hydrogen-bond acceptors (Lipinski definition) is 7. The summed E-state index contributed by atoms with van der Waals surface area (Å²) in [4.78, 5) is 41.2. The number of nitrogens with one attached hydrogen (secondary N) is 1. The van der Waals surface area contributed by atoms with E-state index in [9.17, 15) is 24.8 Å². The number of methoxy groups -OCH3 is 1. The Morgan fingerprint density at radius 3 is 2.64 bits per heavy atom. The van der Waals surface area contributed by atoms with Crippen LogP contribution in [0.15, 0.2) is 77.0 Å². The molecule has 1 amide bonds. The maximum absolute atomic E-state index is 13.1. The Kier molecular flexibility index (Phi) is 5.77. The standard InChI is InChI=1S/C26H21N3O7/c1-35-18-8-9-20-19(13-18)16(14-27-20)10-11-28-23(21-3-2-12-36-21)22(25(31)26(28)32)24(30)15-4-6-17(7-5-15)29(33)34/h2-9,12-14,23,27,30H,10-11H2,1H3/b24-22-. The molecular formula is C26H21N3O7. The van der Waals surface area contributed by atoms with Crippen LogP contribution in [0.3, 0.4) is 0 Å². The summed E-state index contributed by atoms with van der Waals surface area (Å²) in [6.07, 6.45) is 3.70. The zero-order valence-corrected chi connectivity index (χ0v) is 19.1. The number of non-ortho nitro benzene ring substituents is 1. The van der Waals surface area contributed by atoms with Gasteiger partial charge in [-0.2, -0.15) is 0 Å². The first-order valence-corrected chi connectivity index (χ1v) is 11.1. The van der Waals surface area contributed by atoms with Crippen LogP contribution in [0.5, 0.6) is 5.75 Å². The number of fused-ring (bicyclic) bond motifs is 1. The second-order valence-electron chi connectivity index (χ2n) is 8.29. The number of aromatic amines is 1. The monoisotopic (exact) mass is 487 g/mol. The molecule has 0 radical (unpaired) electrons. The molecule has 4 aromatic rings. The molecule has 36 heavy (non-hydrogen) atoms. The minimum absolute atomic E-state index is 0.135. The summed E-state index contributed by atoms with van der Waals surface area (Å²) in [5.74, 6) is -1.03. The molecule has 182 valence electrons. The Morgan fingerprint density at radius 1 is 1.19 bits per heavy atom. The second kappa shape index (κ2) is 9.06. The van der Waals surface area contributed by atoms with Crippen molar-refractivity contribution >= 4 is 34.0 Å². The topological polar surface area (TPSA) is 139 Å². The Labute approximate surface area is 204 Å². The van der Waals surface area contributed by atoms with Gasteiger partial charge in [0.1, 0.15) is 23.3 Å². The number of aromatic nitrogens is 1. The van der Waals surface area contributed by atoms with Crippen molar-refractivity contribution in [3.63, 3.8) is 0 Å². The Morgan fingerprint density at radius 2 is 1.97 bits per heavy atom. The summed E-state index contributed by atoms with van der Waals surface area (Å²) in [7, 11) is 1.58. The number of ether oxygens (including phenoxy) is 1. The number of benzene rings is 2. The lowest BCUT2D eigenvalue weighted by Crippen LogP contribution is -2.31. The normalized spacial score (nSPS) is 17.1. The quantitative estimate of drug-likeness (QED) is 0.130. The highest BCUT2D eigenvalue weighted by atomic mass is 16.6. The van der Waals surface area contributed by atoms with E-state index in [1.54, 1.807) is 19.2 Å². The molecule has 0 aliphatic carbocycles. The van der Waals surface area contributed by atoms with Gasteiger partial charge >= 0.3 is 0 Å². The highest BCUT2D eigenvalue weighted by Gasteiger charge is 2.47. The molecule has 1 aliphatic heterocycles. The predicted octanol–water partition coefficient (Wildman–Crippen LogP) is 4.34. The van der Waals surface area contributed by atoms with Gasteiger partial charge in [0.15, 0.2) is 0 Å². The molecule has 10 heteroatoms. The number of carbonyl (C=O) groups excluding carboxylic acids is 2. The number of nitrogens with zero attached hydrogens (tertiary/aromatic N) is 2. The van der Waals surface area contributed by atoms with Crippen LogP contribution in [0, 0.1) is 10.1 Å². The van der Waals surface area contributed by atoms with E-state index in [0.717, 1.165) is 16.5 Å². The summed E-state index contributed by atoms with van der Waals surface area (Å²) >= 11 is 0. The van der Waals surface area contributed by atoms with Gasteiger partial charge in [0.25, 0.3) is 17.4 Å². The van der Waals surface area contributed by atoms with Gasteiger partial charge in [-0.3, -0.25) is 19.7 Å². The molecule has 0 bridgehead atoms. The molecule has 1 unspecified atom stereocenters. The van der Waals surface area contributed by atoms with Gasteiger partial charge in [-0.25, -0.2) is 0 Å². The van der Waals surface area contributed by atoms with Crippen LogP contribution < -0.4 is 4.74 Å². The molecule has 3 heterocycles. The molecular weight excluding hydrogens is 466 g/mol. The number of amides is 1. The lowest BCUT2D eigenvalue weighted by molar-refractivity contribution is -0.384. The summed E-state index contributed by atoms with van der Waals surface area (Å²) in [6.45, 7) is 0.178. The number of rotatable bonds is 7. The first kappa shape index (κ1) is 22.9. The van der Waals surface area contributed by atoms with Crippen molar-refractivity contribution in [3.8, 4) is 5.75 Å². The van der Waals surface area contributed by atoms with Crippen LogP contribution in [0.25, 0.3) is 16.7 Å². The minimum Gasteiger partial charge on any atom is -0.507 e. The molecule has 5 rings (SSSR count). The molecule has 2 N–H and O–H groups in total. The van der Waals surface area contributed by atoms with Crippen LogP contribution in [0.4, 0.5) is 5.69 Å². The van der Waals surface area contributed by atoms with Crippen molar-refractivity contribution in [1.29, 1.82) is 0 Å². The smallest absolute Gasteiger partial charge is 0.295 e. The van der Waals surface area contributed by atoms with Crippen molar-refractivity contribution in [2.45, 2.75) is 12.5 Å². The first-order valence-electron chi connectivity index (χ1n) is 11.1. The van der Waals surface area contributed by atoms with Crippen LogP contribution in [-0.2, 0) is 16.0 Å². The fourth-order valence-electron chi connectivity index (χ4n) is 4.48. The largest absolute Gasteiger partial charge is 0.507 e. The fraction of sp³-hybridized carbons (Fsp3) is 0.154. The van der Waals surface area contributed by atoms with Gasteiger partial charge in [0.2, 0.25) is 0 Å². The molecule has 1 atom stereocenters. The first-order chi connectivity index (χ1) is 17.4. The van der Waals surface area contributed by atoms with Gasteiger partial charge in [0, 0.05) is 41.3 Å². The maximum atomic E-state index is 13.1. The number of hydrogen-bond donors (Lipinski definition) is 2. The SMILES string of the molecule is COc1ccc2[nH]cc(CCN3C(=O)C(=O)/C(=C(\O)c4ccc([N+](=O)[O-])cc4)C3c3ccco3)c2c1. The second-order valence-corrected chi connectivity index (χ2v) is 8.29. The summed E-state index contributed by atoms with van der Waals surface area (Å²) in [5, 5.41) is 22.9. The minimum atomic E-state index is -0.949. The van der Waals surface area contributed by atoms with E-state index in [4.69, 9.17) is 9.15 Å². The number of H-pyrrole nitrogens is 1. The average Bonchev–Trinajstić information content (AvgIpc) is 3.61. The van der Waals surface area contributed by atoms with Crippen LogP contribution in [-0.4, -0.2) is 45.3 Å². The molecule has 2 aromatic carbocycles. The zero-order chi connectivity index (χ0) is 25.4. The molecule has 1 aliphatic rings. The van der Waals surface area contributed by atoms with Crippen molar-refractivity contribution in [1.82, 2.24) is 9.88 Å². The number of aliphatic hydroxyl groups excluding tert-OH is 1. The van der Waals surface area contributed by atoms with Crippen molar-refractivity contribution in [3.05, 3.63) is 99.6 Å². The van der Waals surface area contributed by atoms with Gasteiger partial charge < -0.3 is 24.1 Å². The van der Waals surface area contributed by atoms with E-state index >= 15 is 0 Å². The molecule has 10 nitrogen and oxygen atoms in total. The summed E-state index contributed by atoms with van der Waals surface area (Å²) in [5.41, 5.74) is 1.72. The molecule has 0 saturated carbocycles. The van der Waals surface area contributed by atoms with Gasteiger partial charge in [-0.15, -0.1) is 0 Å². The number of carbonyl (C=O) groups is 2. The number of furan rings is 1. The number of ketones is 1. The molecule has 0 spiro atoms. The van der Waals surface area contributed by atoms with Crippen molar-refractivity contribution in [2.24, 2.45) is 0 Å². The number of aliphatic hydroxyl groups is 1. The summed E-state index contributed by atoms with van der Waals surface area (Å²) in [6, 6.07) is 13.1. The van der Waals surface area contributed by atoms with E-state index in [1.165, 1.54) is 35.4 Å². The lowest BCUT2D eigenvalue weighted by atomic mass is 9.99. The van der Waals surface area contributed by atoms with E-state index in [-0.39, 0.29) is 23.4 Å². The number of nitro benzene ring substituents is 1. The lowest BCUT2D eigenvalue weighted by Gasteiger charge is -2.23. The molecule has 1 saturated heterocycles. The van der Waals surface area contributed by atoms with E-state index in [0.29, 0.717) is 17.9 Å². The average molecular weight is 487 g/mol. The Bertz CT molecular complexity index is 1500. The number of likely N-dealkylation sites (tertiary alicyclic amines) is 1. The van der Waals surface area contributed by atoms with Crippen molar-refractivity contribution in [2.75, 3.05) is 13.7 Å². The van der Waals surface area contributed by atoms with Gasteiger partial charge in [-0.05, 0) is 54.4 Å². The Balaban J connectivity index is 1.51. The van der Waals surface area contributed by atoms with Gasteiger partial charge in [-0.1, -0.05) is 0 Å². The van der Waals surface area contributed by atoms with Gasteiger partial charge in [0.05, 0.1) is 23.9 Å². The third-order valence-corrected chi connectivity index (χ3v) is 6.30. The third kappa shape index (κ3) is 3.88. The zero-order valence-electron chi connectivity index (χ0n) is 19.1. The fourth-order valence-corrected chi connectivity index (χ4v) is 4.48.